The summed E-state index contributed by atoms with van der Waals surface area (Å²) < 4.78 is 54.7. The minimum Gasteiger partial charge on any atom is -0.322 e. The lowest BCUT2D eigenvalue weighted by molar-refractivity contribution is -0.116. The Hall–Kier alpha value is -2.81. The molecule has 0 heterocycles. The van der Waals surface area contributed by atoms with Gasteiger partial charge >= 0.3 is 0 Å². The van der Waals surface area contributed by atoms with Crippen molar-refractivity contribution in [2.45, 2.75) is 18.4 Å². The van der Waals surface area contributed by atoms with Gasteiger partial charge in [-0.05, 0) is 42.8 Å². The van der Waals surface area contributed by atoms with E-state index < -0.39 is 34.1 Å². The molecule has 0 saturated carbocycles. The van der Waals surface area contributed by atoms with Gasteiger partial charge in [0.15, 0.2) is 0 Å². The molecule has 162 valence electrons. The second-order valence-corrected chi connectivity index (χ2v) is 9.20. The molecule has 0 saturated heterocycles. The van der Waals surface area contributed by atoms with Gasteiger partial charge in [0.25, 0.3) is 0 Å². The third-order valence-corrected chi connectivity index (χ3v) is 6.66. The second kappa shape index (κ2) is 9.55. The first-order valence-electron chi connectivity index (χ1n) is 9.22. The molecule has 0 aliphatic heterocycles. The molecule has 0 aromatic heterocycles. The summed E-state index contributed by atoms with van der Waals surface area (Å²) in [5, 5.41) is 2.56. The van der Waals surface area contributed by atoms with Crippen LogP contribution in [0.3, 0.4) is 0 Å². The van der Waals surface area contributed by atoms with E-state index in [-0.39, 0.29) is 17.1 Å². The molecule has 0 radical (unpaired) electrons. The molecule has 5 nitrogen and oxygen atoms in total. The standard InChI is InChI=1S/C22H19ClF2N2O3S/c1-15-6-9-18(10-7-15)31(29,30)27(13-16-4-2-3-5-19(16)23)14-22(28)26-21-12-17(24)8-11-20(21)25/h2-12H,13-14H2,1H3,(H,26,28). The highest BCUT2D eigenvalue weighted by Gasteiger charge is 2.28. The van der Waals surface area contributed by atoms with E-state index in [0.717, 1.165) is 28.1 Å². The lowest BCUT2D eigenvalue weighted by Crippen LogP contribution is -2.37. The topological polar surface area (TPSA) is 66.5 Å². The van der Waals surface area contributed by atoms with Crippen LogP contribution in [0.4, 0.5) is 14.5 Å². The fourth-order valence-electron chi connectivity index (χ4n) is 2.84. The van der Waals surface area contributed by atoms with Crippen LogP contribution in [0.1, 0.15) is 11.1 Å². The van der Waals surface area contributed by atoms with Gasteiger partial charge in [-0.1, -0.05) is 47.5 Å². The Balaban J connectivity index is 1.91. The summed E-state index contributed by atoms with van der Waals surface area (Å²) in [7, 11) is -4.09. The molecular weight excluding hydrogens is 446 g/mol. The van der Waals surface area contributed by atoms with E-state index >= 15 is 0 Å². The quantitative estimate of drug-likeness (QED) is 0.548. The van der Waals surface area contributed by atoms with Crippen molar-refractivity contribution in [2.24, 2.45) is 0 Å². The number of carbonyl (C=O) groups is 1. The highest BCUT2D eigenvalue weighted by Crippen LogP contribution is 2.23. The zero-order valence-corrected chi connectivity index (χ0v) is 18.1. The third-order valence-electron chi connectivity index (χ3n) is 4.49. The zero-order chi connectivity index (χ0) is 22.6. The number of anilines is 1. The Morgan fingerprint density at radius 3 is 2.39 bits per heavy atom. The van der Waals surface area contributed by atoms with Crippen molar-refractivity contribution in [3.63, 3.8) is 0 Å². The van der Waals surface area contributed by atoms with Gasteiger partial charge in [0.1, 0.15) is 11.6 Å². The molecule has 9 heteroatoms. The number of carbonyl (C=O) groups excluding carboxylic acids is 1. The first kappa shape index (κ1) is 22.9. The minimum atomic E-state index is -4.09. The number of sulfonamides is 1. The Bertz CT molecular complexity index is 1200. The number of rotatable bonds is 7. The van der Waals surface area contributed by atoms with Crippen molar-refractivity contribution < 1.29 is 22.0 Å². The van der Waals surface area contributed by atoms with Crippen LogP contribution in [0, 0.1) is 18.6 Å². The van der Waals surface area contributed by atoms with Crippen LogP contribution >= 0.6 is 11.6 Å². The zero-order valence-electron chi connectivity index (χ0n) is 16.5. The number of nitrogens with zero attached hydrogens (tertiary/aromatic N) is 1. The average Bonchev–Trinajstić information content (AvgIpc) is 2.72. The summed E-state index contributed by atoms with van der Waals surface area (Å²) >= 11 is 6.18. The lowest BCUT2D eigenvalue weighted by atomic mass is 10.2. The van der Waals surface area contributed by atoms with E-state index in [4.69, 9.17) is 11.6 Å². The highest BCUT2D eigenvalue weighted by atomic mass is 35.5. The summed E-state index contributed by atoms with van der Waals surface area (Å²) in [6, 6.07) is 15.4. The Morgan fingerprint density at radius 1 is 1.03 bits per heavy atom. The second-order valence-electron chi connectivity index (χ2n) is 6.85. The van der Waals surface area contributed by atoms with Crippen LogP contribution in [0.5, 0.6) is 0 Å². The number of hydrogen-bond acceptors (Lipinski definition) is 3. The van der Waals surface area contributed by atoms with Crippen LogP contribution in [-0.2, 0) is 21.4 Å². The molecule has 0 fully saturated rings. The molecule has 1 amide bonds. The predicted octanol–water partition coefficient (Wildman–Crippen LogP) is 4.76. The molecule has 0 aliphatic rings. The van der Waals surface area contributed by atoms with Gasteiger partial charge in [0.2, 0.25) is 15.9 Å². The van der Waals surface area contributed by atoms with Crippen molar-refractivity contribution in [1.82, 2.24) is 4.31 Å². The molecule has 0 spiro atoms. The van der Waals surface area contributed by atoms with E-state index in [1.54, 1.807) is 36.4 Å². The Labute approximate surface area is 184 Å². The minimum absolute atomic E-state index is 0.00473. The largest absolute Gasteiger partial charge is 0.322 e. The molecule has 0 aliphatic carbocycles. The van der Waals surface area contributed by atoms with Crippen molar-refractivity contribution in [2.75, 3.05) is 11.9 Å². The summed E-state index contributed by atoms with van der Waals surface area (Å²) in [5.74, 6) is -2.40. The predicted molar refractivity (Wildman–Crippen MR) is 115 cm³/mol. The van der Waals surface area contributed by atoms with E-state index in [1.807, 2.05) is 6.92 Å². The van der Waals surface area contributed by atoms with Crippen molar-refractivity contribution in [1.29, 1.82) is 0 Å². The van der Waals surface area contributed by atoms with Crippen LogP contribution in [0.2, 0.25) is 5.02 Å². The Kier molecular flexibility index (Phi) is 7.04. The van der Waals surface area contributed by atoms with Crippen LogP contribution in [0.25, 0.3) is 0 Å². The SMILES string of the molecule is Cc1ccc(S(=O)(=O)N(CC(=O)Nc2cc(F)ccc2F)Cc2ccccc2Cl)cc1. The number of aryl methyl sites for hydroxylation is 1. The first-order valence-corrected chi connectivity index (χ1v) is 11.0. The van der Waals surface area contributed by atoms with Crippen LogP contribution in [0.15, 0.2) is 71.6 Å². The summed E-state index contributed by atoms with van der Waals surface area (Å²) in [5.41, 5.74) is 0.982. The fraction of sp³-hybridized carbons (Fsp3) is 0.136. The van der Waals surface area contributed by atoms with Crippen molar-refractivity contribution >= 4 is 33.2 Å². The van der Waals surface area contributed by atoms with E-state index in [9.17, 15) is 22.0 Å². The number of hydrogen-bond donors (Lipinski definition) is 1. The lowest BCUT2D eigenvalue weighted by Gasteiger charge is -2.22. The van der Waals surface area contributed by atoms with Gasteiger partial charge in [-0.2, -0.15) is 4.31 Å². The summed E-state index contributed by atoms with van der Waals surface area (Å²) in [6.07, 6.45) is 0. The smallest absolute Gasteiger partial charge is 0.243 e. The number of halogens is 3. The number of nitrogens with one attached hydrogen (secondary N) is 1. The fourth-order valence-corrected chi connectivity index (χ4v) is 4.41. The molecule has 0 atom stereocenters. The van der Waals surface area contributed by atoms with E-state index in [1.165, 1.54) is 12.1 Å². The van der Waals surface area contributed by atoms with Gasteiger partial charge in [-0.25, -0.2) is 17.2 Å². The van der Waals surface area contributed by atoms with Gasteiger partial charge in [0.05, 0.1) is 17.1 Å². The van der Waals surface area contributed by atoms with Crippen molar-refractivity contribution in [3.05, 3.63) is 94.5 Å². The average molecular weight is 465 g/mol. The normalized spacial score (nSPS) is 11.5. The van der Waals surface area contributed by atoms with E-state index in [0.29, 0.717) is 10.6 Å². The van der Waals surface area contributed by atoms with Gasteiger partial charge in [0, 0.05) is 17.6 Å². The first-order chi connectivity index (χ1) is 14.7. The van der Waals surface area contributed by atoms with Crippen LogP contribution < -0.4 is 5.32 Å². The monoisotopic (exact) mass is 464 g/mol. The maximum Gasteiger partial charge on any atom is 0.243 e. The molecule has 3 rings (SSSR count). The summed E-state index contributed by atoms with van der Waals surface area (Å²) in [4.78, 5) is 12.5. The molecule has 0 unspecified atom stereocenters. The maximum absolute atomic E-state index is 13.9. The molecule has 1 N–H and O–H groups in total. The van der Waals surface area contributed by atoms with E-state index in [2.05, 4.69) is 5.32 Å². The number of amides is 1. The Morgan fingerprint density at radius 2 is 1.71 bits per heavy atom. The molecular formula is C22H19ClF2N2O3S. The molecule has 3 aromatic carbocycles. The molecule has 3 aromatic rings. The van der Waals surface area contributed by atoms with Crippen molar-refractivity contribution in [3.8, 4) is 0 Å². The number of benzene rings is 3. The van der Waals surface area contributed by atoms with Gasteiger partial charge < -0.3 is 5.32 Å². The van der Waals surface area contributed by atoms with Gasteiger partial charge in [-0.15, -0.1) is 0 Å². The summed E-state index contributed by atoms with van der Waals surface area (Å²) in [6.45, 7) is 1.01. The maximum atomic E-state index is 13.9. The molecule has 0 bridgehead atoms. The third kappa shape index (κ3) is 5.66. The molecule has 31 heavy (non-hydrogen) atoms. The van der Waals surface area contributed by atoms with Crippen LogP contribution in [-0.4, -0.2) is 25.2 Å². The highest BCUT2D eigenvalue weighted by molar-refractivity contribution is 7.89. The van der Waals surface area contributed by atoms with Gasteiger partial charge in [-0.3, -0.25) is 4.79 Å².